The molecule has 0 radical (unpaired) electrons. The summed E-state index contributed by atoms with van der Waals surface area (Å²) in [6.45, 7) is 0.763. The number of hydrogen-bond acceptors (Lipinski definition) is 5. The van der Waals surface area contributed by atoms with Gasteiger partial charge >= 0.3 is 0 Å². The smallest absolute Gasteiger partial charge is 0.275 e. The number of aromatic nitrogens is 3. The molecule has 2 heterocycles. The van der Waals surface area contributed by atoms with E-state index in [9.17, 15) is 9.90 Å². The number of benzene rings is 2. The van der Waals surface area contributed by atoms with Crippen molar-refractivity contribution in [2.24, 2.45) is 0 Å². The molecule has 1 atom stereocenters. The Balaban J connectivity index is 1.65. The molecule has 154 valence electrons. The zero-order valence-corrected chi connectivity index (χ0v) is 16.9. The predicted molar refractivity (Wildman–Crippen MR) is 117 cm³/mol. The summed E-state index contributed by atoms with van der Waals surface area (Å²) in [4.78, 5) is 21.5. The molecule has 0 aliphatic heterocycles. The van der Waals surface area contributed by atoms with Crippen LogP contribution in [-0.2, 0) is 0 Å². The van der Waals surface area contributed by atoms with Crippen LogP contribution in [0.5, 0.6) is 5.75 Å². The average Bonchev–Trinajstić information content (AvgIpc) is 3.14. The van der Waals surface area contributed by atoms with Gasteiger partial charge in [-0.3, -0.25) is 4.79 Å². The van der Waals surface area contributed by atoms with Crippen molar-refractivity contribution in [1.29, 1.82) is 0 Å². The summed E-state index contributed by atoms with van der Waals surface area (Å²) in [5.41, 5.74) is 3.63. The number of aliphatic hydroxyl groups is 1. The number of H-pyrrole nitrogens is 1. The van der Waals surface area contributed by atoms with E-state index in [-0.39, 0.29) is 12.2 Å². The van der Waals surface area contributed by atoms with Crippen LogP contribution < -0.4 is 10.3 Å². The summed E-state index contributed by atoms with van der Waals surface area (Å²) in [6, 6.07) is 17.3. The molecule has 2 aromatic heterocycles. The molecule has 4 rings (SSSR count). The number of aliphatic hydroxyl groups excluding tert-OH is 1. The molecule has 0 fully saturated rings. The maximum atomic E-state index is 12.5. The molecule has 0 aliphatic carbocycles. The number of nitrogens with zero attached hydrogens (tertiary/aromatic N) is 3. The van der Waals surface area contributed by atoms with E-state index in [2.05, 4.69) is 9.97 Å². The van der Waals surface area contributed by atoms with Crippen molar-refractivity contribution in [2.45, 2.75) is 6.10 Å². The summed E-state index contributed by atoms with van der Waals surface area (Å²) in [5, 5.41) is 9.96. The van der Waals surface area contributed by atoms with Crippen LogP contribution in [0.1, 0.15) is 0 Å². The van der Waals surface area contributed by atoms with Gasteiger partial charge in [0.05, 0.1) is 6.33 Å². The van der Waals surface area contributed by atoms with E-state index in [1.807, 2.05) is 84.4 Å². The first kappa shape index (κ1) is 19.9. The summed E-state index contributed by atoms with van der Waals surface area (Å²) >= 11 is 0. The fourth-order valence-corrected chi connectivity index (χ4v) is 3.47. The number of aromatic amines is 1. The number of hydrogen-bond donors (Lipinski definition) is 2. The van der Waals surface area contributed by atoms with Crippen LogP contribution in [0.3, 0.4) is 0 Å². The minimum Gasteiger partial charge on any atom is -0.491 e. The monoisotopic (exact) mass is 404 g/mol. The third-order valence-corrected chi connectivity index (χ3v) is 4.80. The lowest BCUT2D eigenvalue weighted by atomic mass is 10.1. The number of likely N-dealkylation sites (N-methyl/N-ethyl adjacent to an activating group) is 1. The van der Waals surface area contributed by atoms with E-state index in [0.717, 1.165) is 16.8 Å². The van der Waals surface area contributed by atoms with Gasteiger partial charge in [0.2, 0.25) is 0 Å². The first-order chi connectivity index (χ1) is 14.5. The van der Waals surface area contributed by atoms with Crippen molar-refractivity contribution in [2.75, 3.05) is 27.2 Å². The molecule has 30 heavy (non-hydrogen) atoms. The summed E-state index contributed by atoms with van der Waals surface area (Å²) in [7, 11) is 3.81. The van der Waals surface area contributed by atoms with E-state index >= 15 is 0 Å². The number of rotatable bonds is 7. The van der Waals surface area contributed by atoms with Crippen molar-refractivity contribution in [3.63, 3.8) is 0 Å². The highest BCUT2D eigenvalue weighted by Crippen LogP contribution is 2.30. The number of nitrogens with one attached hydrogen (secondary N) is 1. The Hall–Kier alpha value is -3.42. The Labute approximate surface area is 174 Å². The minimum atomic E-state index is -0.556. The summed E-state index contributed by atoms with van der Waals surface area (Å²) in [6.07, 6.45) is 2.80. The molecule has 0 saturated heterocycles. The third kappa shape index (κ3) is 4.12. The lowest BCUT2D eigenvalue weighted by Crippen LogP contribution is -2.30. The molecule has 2 N–H and O–H groups in total. The van der Waals surface area contributed by atoms with Gasteiger partial charge in [0.15, 0.2) is 0 Å². The molecule has 1 unspecified atom stereocenters. The molecule has 4 aromatic rings. The van der Waals surface area contributed by atoms with E-state index in [1.54, 1.807) is 0 Å². The SMILES string of the molecule is CN(C)CC(O)COc1ccc(-c2cn(-c3ccccc3)c3c(=O)[nH]cnc23)cc1. The Morgan fingerprint density at radius 1 is 1.13 bits per heavy atom. The largest absolute Gasteiger partial charge is 0.491 e. The van der Waals surface area contributed by atoms with Crippen LogP contribution in [0.25, 0.3) is 27.8 Å². The maximum absolute atomic E-state index is 12.5. The van der Waals surface area contributed by atoms with Crippen molar-refractivity contribution in [3.8, 4) is 22.6 Å². The van der Waals surface area contributed by atoms with Gasteiger partial charge in [0.25, 0.3) is 5.56 Å². The van der Waals surface area contributed by atoms with Gasteiger partial charge in [-0.2, -0.15) is 0 Å². The average molecular weight is 404 g/mol. The quantitative estimate of drug-likeness (QED) is 0.495. The van der Waals surface area contributed by atoms with E-state index in [1.165, 1.54) is 6.33 Å². The van der Waals surface area contributed by atoms with Crippen LogP contribution >= 0.6 is 0 Å². The van der Waals surface area contributed by atoms with Gasteiger partial charge in [-0.15, -0.1) is 0 Å². The van der Waals surface area contributed by atoms with E-state index in [0.29, 0.717) is 23.3 Å². The Morgan fingerprint density at radius 3 is 2.57 bits per heavy atom. The van der Waals surface area contributed by atoms with E-state index in [4.69, 9.17) is 4.74 Å². The van der Waals surface area contributed by atoms with Gasteiger partial charge in [-0.05, 0) is 43.9 Å². The van der Waals surface area contributed by atoms with Gasteiger partial charge < -0.3 is 24.3 Å². The Kier molecular flexibility index (Phi) is 5.65. The molecular weight excluding hydrogens is 380 g/mol. The minimum absolute atomic E-state index is 0.190. The van der Waals surface area contributed by atoms with Crippen molar-refractivity contribution < 1.29 is 9.84 Å². The molecular formula is C23H24N4O3. The highest BCUT2D eigenvalue weighted by atomic mass is 16.5. The first-order valence-electron chi connectivity index (χ1n) is 9.73. The second-order valence-electron chi connectivity index (χ2n) is 7.43. The first-order valence-corrected chi connectivity index (χ1v) is 9.73. The van der Waals surface area contributed by atoms with E-state index < -0.39 is 6.10 Å². The fourth-order valence-electron chi connectivity index (χ4n) is 3.47. The second kappa shape index (κ2) is 8.52. The second-order valence-corrected chi connectivity index (χ2v) is 7.43. The predicted octanol–water partition coefficient (Wildman–Crippen LogP) is 2.68. The highest BCUT2D eigenvalue weighted by molar-refractivity contribution is 5.93. The summed E-state index contributed by atoms with van der Waals surface area (Å²) in [5.74, 6) is 0.675. The van der Waals surface area contributed by atoms with Crippen LogP contribution in [0.4, 0.5) is 0 Å². The molecule has 0 spiro atoms. The molecule has 0 bridgehead atoms. The zero-order chi connectivity index (χ0) is 21.1. The van der Waals surface area contributed by atoms with Gasteiger partial charge in [0, 0.05) is 24.0 Å². The van der Waals surface area contributed by atoms with Gasteiger partial charge in [-0.25, -0.2) is 4.98 Å². The van der Waals surface area contributed by atoms with Crippen LogP contribution in [0.15, 0.2) is 71.9 Å². The standard InChI is InChI=1S/C23H24N4O3/c1-26(2)12-18(28)14-30-19-10-8-16(9-11-19)20-13-27(17-6-4-3-5-7-17)22-21(20)24-15-25-23(22)29/h3-11,13,15,18,28H,12,14H2,1-2H3,(H,24,25,29). The van der Waals surface area contributed by atoms with Gasteiger partial charge in [0.1, 0.15) is 29.5 Å². The van der Waals surface area contributed by atoms with Crippen molar-refractivity contribution >= 4 is 11.0 Å². The lowest BCUT2D eigenvalue weighted by molar-refractivity contribution is 0.0831. The summed E-state index contributed by atoms with van der Waals surface area (Å²) < 4.78 is 7.55. The number of ether oxygens (including phenoxy) is 1. The lowest BCUT2D eigenvalue weighted by Gasteiger charge is -2.16. The number of para-hydroxylation sites is 1. The molecule has 7 heteroatoms. The normalized spacial score (nSPS) is 12.4. The molecule has 0 aliphatic rings. The van der Waals surface area contributed by atoms with Crippen LogP contribution in [0, 0.1) is 0 Å². The van der Waals surface area contributed by atoms with Gasteiger partial charge in [-0.1, -0.05) is 30.3 Å². The Morgan fingerprint density at radius 2 is 1.87 bits per heavy atom. The van der Waals surface area contributed by atoms with Crippen molar-refractivity contribution in [3.05, 3.63) is 77.5 Å². The molecule has 2 aromatic carbocycles. The molecule has 0 amide bonds. The highest BCUT2D eigenvalue weighted by Gasteiger charge is 2.16. The Bertz CT molecular complexity index is 1180. The number of fused-ring (bicyclic) bond motifs is 1. The fraction of sp³-hybridized carbons (Fsp3) is 0.217. The topological polar surface area (TPSA) is 83.4 Å². The molecule has 7 nitrogen and oxygen atoms in total. The third-order valence-electron chi connectivity index (χ3n) is 4.80. The molecule has 0 saturated carbocycles. The van der Waals surface area contributed by atoms with Crippen molar-refractivity contribution in [1.82, 2.24) is 19.4 Å². The van der Waals surface area contributed by atoms with Crippen LogP contribution in [-0.4, -0.2) is 57.9 Å². The zero-order valence-electron chi connectivity index (χ0n) is 16.9. The maximum Gasteiger partial charge on any atom is 0.275 e. The van der Waals surface area contributed by atoms with Crippen LogP contribution in [0.2, 0.25) is 0 Å².